The van der Waals surface area contributed by atoms with Crippen LogP contribution in [-0.2, 0) is 6.54 Å². The first-order valence-corrected chi connectivity index (χ1v) is 11.6. The molecule has 5 rings (SSSR count). The second-order valence-electron chi connectivity index (χ2n) is 8.88. The van der Waals surface area contributed by atoms with Gasteiger partial charge in [-0.15, -0.1) is 10.2 Å². The van der Waals surface area contributed by atoms with Gasteiger partial charge in [-0.05, 0) is 36.6 Å². The molecular formula is C25H26ClN5O2. The predicted octanol–water partition coefficient (Wildman–Crippen LogP) is 5.05. The molecule has 2 bridgehead atoms. The number of benzene rings is 2. The molecule has 0 amide bonds. The molecule has 3 aromatic rings. The number of fused-ring (bicyclic) bond motifs is 3. The van der Waals surface area contributed by atoms with Crippen LogP contribution < -0.4 is 15.0 Å². The van der Waals surface area contributed by atoms with E-state index in [-0.39, 0.29) is 17.9 Å². The summed E-state index contributed by atoms with van der Waals surface area (Å²) in [6, 6.07) is 11.3. The van der Waals surface area contributed by atoms with Crippen molar-refractivity contribution in [3.05, 3.63) is 58.4 Å². The van der Waals surface area contributed by atoms with Gasteiger partial charge in [0.15, 0.2) is 17.3 Å². The molecular weight excluding hydrogens is 438 g/mol. The van der Waals surface area contributed by atoms with E-state index < -0.39 is 0 Å². The van der Waals surface area contributed by atoms with Crippen LogP contribution in [0.15, 0.2) is 36.4 Å². The predicted molar refractivity (Wildman–Crippen MR) is 130 cm³/mol. The van der Waals surface area contributed by atoms with Crippen LogP contribution in [0.5, 0.6) is 5.75 Å². The quantitative estimate of drug-likeness (QED) is 0.515. The molecule has 0 radical (unpaired) electrons. The summed E-state index contributed by atoms with van der Waals surface area (Å²) >= 11 is 6.27. The summed E-state index contributed by atoms with van der Waals surface area (Å²) in [6.07, 6.45) is 3.05. The molecule has 2 atom stereocenters. The number of nitrogens with one attached hydrogen (secondary N) is 1. The Morgan fingerprint density at radius 1 is 1.15 bits per heavy atom. The first-order valence-electron chi connectivity index (χ1n) is 11.2. The van der Waals surface area contributed by atoms with Gasteiger partial charge in [-0.2, -0.15) is 0 Å². The Morgan fingerprint density at radius 2 is 1.94 bits per heavy atom. The van der Waals surface area contributed by atoms with Crippen LogP contribution in [0.25, 0.3) is 15.6 Å². The van der Waals surface area contributed by atoms with Crippen LogP contribution in [0.1, 0.15) is 24.8 Å². The standard InChI is InChI=1S/C25H26ClN5O2/c1-27-18-7-8-19-20(11-18)24(28-12-15-6-9-22(33-2)21(26)10-15)29-30-25(19)31-13-16-4-3-5-17(14-31)23(16)32/h6-11,16-17,23,32H,3-5,12-14H2,2H3,(H,28,29). The maximum absolute atomic E-state index is 10.6. The molecule has 1 aliphatic heterocycles. The number of halogens is 1. The molecule has 0 spiro atoms. The zero-order valence-corrected chi connectivity index (χ0v) is 19.2. The van der Waals surface area contributed by atoms with E-state index in [1.54, 1.807) is 7.11 Å². The van der Waals surface area contributed by atoms with Crippen molar-refractivity contribution < 1.29 is 9.84 Å². The van der Waals surface area contributed by atoms with Crippen molar-refractivity contribution >= 4 is 39.7 Å². The van der Waals surface area contributed by atoms with Crippen LogP contribution in [-0.4, -0.2) is 41.6 Å². The number of hydrogen-bond donors (Lipinski definition) is 2. The van der Waals surface area contributed by atoms with Crippen LogP contribution in [0, 0.1) is 18.4 Å². The normalized spacial score (nSPS) is 22.1. The van der Waals surface area contributed by atoms with Gasteiger partial charge in [0, 0.05) is 42.2 Å². The second kappa shape index (κ2) is 9.05. The van der Waals surface area contributed by atoms with Crippen molar-refractivity contribution in [2.24, 2.45) is 11.8 Å². The summed E-state index contributed by atoms with van der Waals surface area (Å²) < 4.78 is 5.23. The number of nitrogens with zero attached hydrogens (tertiary/aromatic N) is 4. The third-order valence-corrected chi connectivity index (χ3v) is 7.17. The van der Waals surface area contributed by atoms with Gasteiger partial charge in [0.05, 0.1) is 24.8 Å². The fourth-order valence-corrected chi connectivity index (χ4v) is 5.43. The van der Waals surface area contributed by atoms with E-state index >= 15 is 0 Å². The van der Waals surface area contributed by atoms with E-state index in [9.17, 15) is 5.11 Å². The van der Waals surface area contributed by atoms with Gasteiger partial charge in [-0.25, -0.2) is 4.85 Å². The molecule has 2 heterocycles. The number of methoxy groups -OCH3 is 1. The summed E-state index contributed by atoms with van der Waals surface area (Å²) in [6.45, 7) is 9.52. The van der Waals surface area contributed by atoms with E-state index in [0.29, 0.717) is 28.8 Å². The zero-order valence-electron chi connectivity index (χ0n) is 18.5. The number of ether oxygens (including phenoxy) is 1. The van der Waals surface area contributed by atoms with Gasteiger partial charge >= 0.3 is 0 Å². The molecule has 2 aliphatic rings. The van der Waals surface area contributed by atoms with Crippen LogP contribution in [0.3, 0.4) is 0 Å². The summed E-state index contributed by atoms with van der Waals surface area (Å²) in [5.74, 6) is 2.63. The summed E-state index contributed by atoms with van der Waals surface area (Å²) in [5, 5.41) is 25.4. The van der Waals surface area contributed by atoms with Crippen molar-refractivity contribution in [3.8, 4) is 5.75 Å². The molecule has 7 nitrogen and oxygen atoms in total. The molecule has 2 aromatic carbocycles. The number of rotatable bonds is 5. The first kappa shape index (κ1) is 21.7. The smallest absolute Gasteiger partial charge is 0.188 e. The van der Waals surface area contributed by atoms with Crippen molar-refractivity contribution in [3.63, 3.8) is 0 Å². The summed E-state index contributed by atoms with van der Waals surface area (Å²) in [4.78, 5) is 5.87. The molecule has 1 saturated heterocycles. The fourth-order valence-electron chi connectivity index (χ4n) is 5.15. The van der Waals surface area contributed by atoms with E-state index in [0.717, 1.165) is 48.1 Å². The Labute approximate surface area is 198 Å². The molecule has 170 valence electrons. The molecule has 8 heteroatoms. The highest BCUT2D eigenvalue weighted by Gasteiger charge is 2.39. The minimum Gasteiger partial charge on any atom is -0.495 e. The van der Waals surface area contributed by atoms with Gasteiger partial charge < -0.3 is 20.1 Å². The molecule has 33 heavy (non-hydrogen) atoms. The number of anilines is 2. The van der Waals surface area contributed by atoms with Gasteiger partial charge in [0.1, 0.15) is 5.75 Å². The highest BCUT2D eigenvalue weighted by Crippen LogP contribution is 2.39. The van der Waals surface area contributed by atoms with E-state index in [2.05, 4.69) is 25.3 Å². The summed E-state index contributed by atoms with van der Waals surface area (Å²) in [7, 11) is 1.59. The average molecular weight is 464 g/mol. The molecule has 2 unspecified atom stereocenters. The Morgan fingerprint density at radius 3 is 2.64 bits per heavy atom. The lowest BCUT2D eigenvalue weighted by atomic mass is 9.75. The minimum absolute atomic E-state index is 0.222. The number of aliphatic hydroxyl groups is 1. The maximum atomic E-state index is 10.6. The third-order valence-electron chi connectivity index (χ3n) is 6.87. The fraction of sp³-hybridized carbons (Fsp3) is 0.400. The average Bonchev–Trinajstić information content (AvgIpc) is 2.82. The van der Waals surface area contributed by atoms with Crippen LogP contribution >= 0.6 is 11.6 Å². The molecule has 1 saturated carbocycles. The molecule has 2 N–H and O–H groups in total. The van der Waals surface area contributed by atoms with Gasteiger partial charge in [0.25, 0.3) is 0 Å². The monoisotopic (exact) mass is 463 g/mol. The van der Waals surface area contributed by atoms with E-state index in [1.807, 2.05) is 36.4 Å². The first-order chi connectivity index (χ1) is 16.1. The second-order valence-corrected chi connectivity index (χ2v) is 9.29. The minimum atomic E-state index is -0.222. The van der Waals surface area contributed by atoms with Crippen molar-refractivity contribution in [1.29, 1.82) is 0 Å². The number of piperidine rings is 1. The van der Waals surface area contributed by atoms with E-state index in [4.69, 9.17) is 22.9 Å². The SMILES string of the molecule is [C-]#[N+]c1ccc2c(N3CC4CCCC(C3)C4O)nnc(NCc3ccc(OC)c(Cl)c3)c2c1. The number of aliphatic hydroxyl groups excluding tert-OH is 1. The van der Waals surface area contributed by atoms with Gasteiger partial charge in [0.2, 0.25) is 0 Å². The maximum Gasteiger partial charge on any atom is 0.188 e. The topological polar surface area (TPSA) is 74.9 Å². The lowest BCUT2D eigenvalue weighted by Gasteiger charge is -2.45. The molecule has 2 fully saturated rings. The van der Waals surface area contributed by atoms with Crippen LogP contribution in [0.2, 0.25) is 5.02 Å². The van der Waals surface area contributed by atoms with Gasteiger partial charge in [-0.3, -0.25) is 0 Å². The number of aromatic nitrogens is 2. The lowest BCUT2D eigenvalue weighted by Crippen LogP contribution is -2.51. The Kier molecular flexibility index (Phi) is 5.96. The molecule has 1 aromatic heterocycles. The van der Waals surface area contributed by atoms with Gasteiger partial charge in [-0.1, -0.05) is 36.2 Å². The van der Waals surface area contributed by atoms with Crippen molar-refractivity contribution in [1.82, 2.24) is 10.2 Å². The highest BCUT2D eigenvalue weighted by molar-refractivity contribution is 6.32. The third kappa shape index (κ3) is 4.17. The Bertz CT molecular complexity index is 1210. The lowest BCUT2D eigenvalue weighted by molar-refractivity contribution is 0.00583. The molecule has 1 aliphatic carbocycles. The zero-order chi connectivity index (χ0) is 22.9. The highest BCUT2D eigenvalue weighted by atomic mass is 35.5. The Hall–Kier alpha value is -3.08. The Balaban J connectivity index is 1.47. The summed E-state index contributed by atoms with van der Waals surface area (Å²) in [5.41, 5.74) is 1.54. The van der Waals surface area contributed by atoms with E-state index in [1.165, 1.54) is 6.42 Å². The van der Waals surface area contributed by atoms with Crippen molar-refractivity contribution in [2.45, 2.75) is 31.9 Å². The largest absolute Gasteiger partial charge is 0.495 e. The number of hydrogen-bond acceptors (Lipinski definition) is 6. The van der Waals surface area contributed by atoms with Crippen molar-refractivity contribution in [2.75, 3.05) is 30.4 Å². The van der Waals surface area contributed by atoms with Crippen LogP contribution in [0.4, 0.5) is 17.3 Å².